The van der Waals surface area contributed by atoms with E-state index in [1.807, 2.05) is 28.8 Å². The van der Waals surface area contributed by atoms with Gasteiger partial charge in [-0.15, -0.1) is 0 Å². The Kier molecular flexibility index (Phi) is 4.86. The first-order chi connectivity index (χ1) is 14.3. The van der Waals surface area contributed by atoms with Crippen LogP contribution in [0.3, 0.4) is 0 Å². The Labute approximate surface area is 168 Å². The maximum absolute atomic E-state index is 12.2. The van der Waals surface area contributed by atoms with Gasteiger partial charge in [0.25, 0.3) is 0 Å². The lowest BCUT2D eigenvalue weighted by Gasteiger charge is -2.11. The third-order valence-electron chi connectivity index (χ3n) is 4.23. The second-order valence-electron chi connectivity index (χ2n) is 6.50. The number of urea groups is 1. The maximum atomic E-state index is 12.2. The highest BCUT2D eigenvalue weighted by molar-refractivity contribution is 5.90. The van der Waals surface area contributed by atoms with Crippen molar-refractivity contribution in [2.24, 2.45) is 0 Å². The Morgan fingerprint density at radius 2 is 2.00 bits per heavy atom. The first-order valence-corrected chi connectivity index (χ1v) is 8.86. The monoisotopic (exact) mass is 415 g/mol. The predicted molar refractivity (Wildman–Crippen MR) is 103 cm³/mol. The summed E-state index contributed by atoms with van der Waals surface area (Å²) in [5, 5.41) is 8.45. The van der Waals surface area contributed by atoms with Crippen LogP contribution in [0.25, 0.3) is 22.6 Å². The Morgan fingerprint density at radius 1 is 1.17 bits per heavy atom. The molecule has 4 aromatic rings. The van der Waals surface area contributed by atoms with Crippen LogP contribution in [-0.2, 0) is 0 Å². The number of fused-ring (bicyclic) bond motifs is 1. The SMILES string of the molecule is Cc1ncn(-c2ccn3c(-c4cccc(NC(=O)NCC(F)(F)F)c4)cnc3c2)n1. The normalized spacial score (nSPS) is 11.6. The molecule has 0 aliphatic rings. The molecule has 0 atom stereocenters. The second-order valence-corrected chi connectivity index (χ2v) is 6.50. The summed E-state index contributed by atoms with van der Waals surface area (Å²) >= 11 is 0. The summed E-state index contributed by atoms with van der Waals surface area (Å²) in [7, 11) is 0. The summed E-state index contributed by atoms with van der Waals surface area (Å²) in [5.41, 5.74) is 3.33. The number of rotatable bonds is 4. The Bertz CT molecular complexity index is 1210. The van der Waals surface area contributed by atoms with Gasteiger partial charge in [-0.1, -0.05) is 12.1 Å². The molecule has 1 aromatic carbocycles. The Balaban J connectivity index is 1.57. The van der Waals surface area contributed by atoms with Gasteiger partial charge in [0.1, 0.15) is 24.3 Å². The molecule has 0 unspecified atom stereocenters. The predicted octanol–water partition coefficient (Wildman–Crippen LogP) is 3.57. The molecule has 3 heterocycles. The van der Waals surface area contributed by atoms with Crippen molar-refractivity contribution in [3.05, 3.63) is 60.9 Å². The topological polar surface area (TPSA) is 89.1 Å². The lowest BCUT2D eigenvalue weighted by molar-refractivity contribution is -0.122. The maximum Gasteiger partial charge on any atom is 0.405 e. The van der Waals surface area contributed by atoms with Gasteiger partial charge in [-0.05, 0) is 25.1 Å². The average molecular weight is 415 g/mol. The number of nitrogens with one attached hydrogen (secondary N) is 2. The number of aryl methyl sites for hydroxylation is 1. The zero-order valence-corrected chi connectivity index (χ0v) is 15.7. The molecule has 0 radical (unpaired) electrons. The highest BCUT2D eigenvalue weighted by Gasteiger charge is 2.27. The van der Waals surface area contributed by atoms with Gasteiger partial charge in [-0.3, -0.25) is 4.40 Å². The smallest absolute Gasteiger partial charge is 0.329 e. The number of hydrogen-bond acceptors (Lipinski definition) is 4. The van der Waals surface area contributed by atoms with Gasteiger partial charge in [0.05, 0.1) is 17.6 Å². The first kappa shape index (κ1) is 19.4. The van der Waals surface area contributed by atoms with E-state index in [0.717, 1.165) is 16.9 Å². The van der Waals surface area contributed by atoms with Crippen molar-refractivity contribution in [3.8, 4) is 16.9 Å². The molecule has 3 aromatic heterocycles. The molecule has 2 N–H and O–H groups in total. The van der Waals surface area contributed by atoms with Gasteiger partial charge < -0.3 is 10.6 Å². The molecule has 8 nitrogen and oxygen atoms in total. The number of carbonyl (C=O) groups is 1. The Hall–Kier alpha value is -3.89. The molecule has 11 heteroatoms. The fourth-order valence-corrected chi connectivity index (χ4v) is 2.91. The summed E-state index contributed by atoms with van der Waals surface area (Å²) in [6, 6.07) is 9.53. The van der Waals surface area contributed by atoms with Crippen molar-refractivity contribution in [2.45, 2.75) is 13.1 Å². The number of benzene rings is 1. The number of halogens is 3. The standard InChI is InChI=1S/C19H16F3N7O/c1-12-25-11-29(27-12)15-5-6-28-16(9-23-17(28)8-15)13-3-2-4-14(7-13)26-18(30)24-10-19(20,21)22/h2-9,11H,10H2,1H3,(H2,24,26,30). The number of imidazole rings is 1. The number of pyridine rings is 1. The van der Waals surface area contributed by atoms with Gasteiger partial charge in [-0.25, -0.2) is 19.4 Å². The summed E-state index contributed by atoms with van der Waals surface area (Å²) in [5.74, 6) is 0.655. The molecule has 154 valence electrons. The van der Waals surface area contributed by atoms with E-state index >= 15 is 0 Å². The van der Waals surface area contributed by atoms with Crippen molar-refractivity contribution in [1.29, 1.82) is 0 Å². The lowest BCUT2D eigenvalue weighted by atomic mass is 10.1. The molecular weight excluding hydrogens is 399 g/mol. The molecule has 0 aliphatic heterocycles. The van der Waals surface area contributed by atoms with Crippen LogP contribution in [0.1, 0.15) is 5.82 Å². The minimum absolute atomic E-state index is 0.358. The quantitative estimate of drug-likeness (QED) is 0.533. The molecule has 4 rings (SSSR count). The van der Waals surface area contributed by atoms with Gasteiger partial charge >= 0.3 is 12.2 Å². The number of alkyl halides is 3. The van der Waals surface area contributed by atoms with Gasteiger partial charge in [0, 0.05) is 23.5 Å². The summed E-state index contributed by atoms with van der Waals surface area (Å²) in [6.07, 6.45) is 0.651. The van der Waals surface area contributed by atoms with Crippen LogP contribution in [0, 0.1) is 6.92 Å². The van der Waals surface area contributed by atoms with Crippen LogP contribution >= 0.6 is 0 Å². The fourth-order valence-electron chi connectivity index (χ4n) is 2.91. The molecule has 0 spiro atoms. The minimum Gasteiger partial charge on any atom is -0.329 e. The molecule has 0 saturated carbocycles. The van der Waals surface area contributed by atoms with Crippen LogP contribution in [0.2, 0.25) is 0 Å². The van der Waals surface area contributed by atoms with E-state index in [2.05, 4.69) is 20.4 Å². The second kappa shape index (κ2) is 7.50. The highest BCUT2D eigenvalue weighted by Crippen LogP contribution is 2.25. The molecule has 2 amide bonds. The lowest BCUT2D eigenvalue weighted by Crippen LogP contribution is -2.36. The van der Waals surface area contributed by atoms with Crippen molar-refractivity contribution >= 4 is 17.4 Å². The number of aromatic nitrogens is 5. The van der Waals surface area contributed by atoms with Crippen LogP contribution in [0.5, 0.6) is 0 Å². The van der Waals surface area contributed by atoms with Crippen molar-refractivity contribution in [2.75, 3.05) is 11.9 Å². The Morgan fingerprint density at radius 3 is 2.73 bits per heavy atom. The summed E-state index contributed by atoms with van der Waals surface area (Å²) in [6.45, 7) is 0.395. The molecule has 0 aliphatic carbocycles. The number of amides is 2. The van der Waals surface area contributed by atoms with E-state index in [0.29, 0.717) is 17.2 Å². The molecule has 30 heavy (non-hydrogen) atoms. The van der Waals surface area contributed by atoms with E-state index in [1.165, 1.54) is 0 Å². The van der Waals surface area contributed by atoms with Crippen molar-refractivity contribution in [1.82, 2.24) is 29.5 Å². The number of carbonyl (C=O) groups excluding carboxylic acids is 1. The van der Waals surface area contributed by atoms with Gasteiger partial charge in [0.15, 0.2) is 0 Å². The van der Waals surface area contributed by atoms with E-state index < -0.39 is 18.8 Å². The van der Waals surface area contributed by atoms with Crippen molar-refractivity contribution in [3.63, 3.8) is 0 Å². The fraction of sp³-hybridized carbons (Fsp3) is 0.158. The van der Waals surface area contributed by atoms with Crippen LogP contribution in [-0.4, -0.2) is 42.9 Å². The third-order valence-corrected chi connectivity index (χ3v) is 4.23. The van der Waals surface area contributed by atoms with E-state index in [4.69, 9.17) is 0 Å². The van der Waals surface area contributed by atoms with Crippen LogP contribution in [0.4, 0.5) is 23.7 Å². The third kappa shape index (κ3) is 4.24. The van der Waals surface area contributed by atoms with E-state index in [9.17, 15) is 18.0 Å². The first-order valence-electron chi connectivity index (χ1n) is 8.86. The zero-order chi connectivity index (χ0) is 21.3. The zero-order valence-electron chi connectivity index (χ0n) is 15.7. The number of anilines is 1. The van der Waals surface area contributed by atoms with E-state index in [1.54, 1.807) is 47.6 Å². The van der Waals surface area contributed by atoms with Crippen LogP contribution < -0.4 is 10.6 Å². The summed E-state index contributed by atoms with van der Waals surface area (Å²) < 4.78 is 40.2. The largest absolute Gasteiger partial charge is 0.405 e. The van der Waals surface area contributed by atoms with Crippen molar-refractivity contribution < 1.29 is 18.0 Å². The average Bonchev–Trinajstić information content (AvgIpc) is 3.32. The number of nitrogens with zero attached hydrogens (tertiary/aromatic N) is 5. The van der Waals surface area contributed by atoms with Gasteiger partial charge in [-0.2, -0.15) is 18.3 Å². The highest BCUT2D eigenvalue weighted by atomic mass is 19.4. The number of hydrogen-bond donors (Lipinski definition) is 2. The molecule has 0 fully saturated rings. The van der Waals surface area contributed by atoms with Crippen LogP contribution in [0.15, 0.2) is 55.1 Å². The molecule has 0 bridgehead atoms. The summed E-state index contributed by atoms with van der Waals surface area (Å²) in [4.78, 5) is 20.2. The van der Waals surface area contributed by atoms with E-state index in [-0.39, 0.29) is 0 Å². The van der Waals surface area contributed by atoms with Gasteiger partial charge in [0.2, 0.25) is 0 Å². The molecular formula is C19H16F3N7O. The molecule has 0 saturated heterocycles. The minimum atomic E-state index is -4.47.